The summed E-state index contributed by atoms with van der Waals surface area (Å²) in [6, 6.07) is 9.94. The van der Waals surface area contributed by atoms with Gasteiger partial charge < -0.3 is 5.32 Å². The lowest BCUT2D eigenvalue weighted by Gasteiger charge is -2.07. The van der Waals surface area contributed by atoms with Gasteiger partial charge in [-0.2, -0.15) is 5.26 Å². The Morgan fingerprint density at radius 3 is 2.83 bits per heavy atom. The maximum Gasteiger partial charge on any atom is 0.124 e. The SMILES string of the molecule is Cc1ccc(CNc2ccc(F)cc2C#N)nc1. The van der Waals surface area contributed by atoms with Crippen LogP contribution in [0.2, 0.25) is 0 Å². The summed E-state index contributed by atoms with van der Waals surface area (Å²) in [5, 5.41) is 12.0. The van der Waals surface area contributed by atoms with Gasteiger partial charge in [0.25, 0.3) is 0 Å². The van der Waals surface area contributed by atoms with Crippen molar-refractivity contribution in [1.29, 1.82) is 5.26 Å². The first-order chi connectivity index (χ1) is 8.69. The van der Waals surface area contributed by atoms with E-state index in [0.29, 0.717) is 17.8 Å². The van der Waals surface area contributed by atoms with Crippen molar-refractivity contribution in [2.24, 2.45) is 0 Å². The lowest BCUT2D eigenvalue weighted by Crippen LogP contribution is -2.03. The minimum atomic E-state index is -0.412. The number of hydrogen-bond donors (Lipinski definition) is 1. The van der Waals surface area contributed by atoms with Gasteiger partial charge in [-0.25, -0.2) is 4.39 Å². The molecule has 0 saturated heterocycles. The zero-order valence-electron chi connectivity index (χ0n) is 9.94. The number of aromatic nitrogens is 1. The summed E-state index contributed by atoms with van der Waals surface area (Å²) in [4.78, 5) is 4.25. The van der Waals surface area contributed by atoms with Crippen LogP contribution in [-0.4, -0.2) is 4.98 Å². The number of halogens is 1. The van der Waals surface area contributed by atoms with Crippen LogP contribution in [0.3, 0.4) is 0 Å². The maximum absolute atomic E-state index is 13.0. The number of nitrogens with zero attached hydrogens (tertiary/aromatic N) is 2. The Hall–Kier alpha value is -2.41. The standard InChI is InChI=1S/C14H12FN3/c1-10-2-4-13(17-8-10)9-18-14-5-3-12(15)6-11(14)7-16/h2-6,8,18H,9H2,1H3. The van der Waals surface area contributed by atoms with Crippen LogP contribution in [0.5, 0.6) is 0 Å². The number of anilines is 1. The van der Waals surface area contributed by atoms with E-state index >= 15 is 0 Å². The molecule has 1 N–H and O–H groups in total. The fraction of sp³-hybridized carbons (Fsp3) is 0.143. The van der Waals surface area contributed by atoms with Crippen LogP contribution in [0.15, 0.2) is 36.5 Å². The fourth-order valence-corrected chi connectivity index (χ4v) is 1.55. The van der Waals surface area contributed by atoms with Crippen molar-refractivity contribution in [3.63, 3.8) is 0 Å². The number of nitriles is 1. The highest BCUT2D eigenvalue weighted by Crippen LogP contribution is 2.16. The Bertz CT molecular complexity index is 585. The van der Waals surface area contributed by atoms with Crippen LogP contribution in [-0.2, 0) is 6.54 Å². The highest BCUT2D eigenvalue weighted by atomic mass is 19.1. The second kappa shape index (κ2) is 5.28. The Morgan fingerprint density at radius 2 is 2.17 bits per heavy atom. The lowest BCUT2D eigenvalue weighted by atomic mass is 10.2. The molecule has 0 fully saturated rings. The molecule has 1 aromatic heterocycles. The topological polar surface area (TPSA) is 48.7 Å². The van der Waals surface area contributed by atoms with Crippen molar-refractivity contribution >= 4 is 5.69 Å². The minimum Gasteiger partial charge on any atom is -0.378 e. The number of rotatable bonds is 3. The van der Waals surface area contributed by atoms with Crippen LogP contribution in [0.1, 0.15) is 16.8 Å². The molecule has 4 heteroatoms. The van der Waals surface area contributed by atoms with Gasteiger partial charge in [0.05, 0.1) is 23.5 Å². The van der Waals surface area contributed by atoms with Gasteiger partial charge in [-0.1, -0.05) is 6.07 Å². The van der Waals surface area contributed by atoms with Crippen LogP contribution < -0.4 is 5.32 Å². The predicted molar refractivity (Wildman–Crippen MR) is 67.4 cm³/mol. The maximum atomic E-state index is 13.0. The first-order valence-electron chi connectivity index (χ1n) is 5.54. The summed E-state index contributed by atoms with van der Waals surface area (Å²) >= 11 is 0. The van der Waals surface area contributed by atoms with E-state index in [9.17, 15) is 4.39 Å². The van der Waals surface area contributed by atoms with Gasteiger partial charge in [0, 0.05) is 6.20 Å². The molecule has 0 aliphatic rings. The van der Waals surface area contributed by atoms with Crippen LogP contribution in [0.4, 0.5) is 10.1 Å². The van der Waals surface area contributed by atoms with E-state index in [1.54, 1.807) is 12.3 Å². The molecule has 90 valence electrons. The minimum absolute atomic E-state index is 0.294. The van der Waals surface area contributed by atoms with Crippen LogP contribution in [0, 0.1) is 24.1 Å². The summed E-state index contributed by atoms with van der Waals surface area (Å²) in [5.41, 5.74) is 2.87. The first-order valence-corrected chi connectivity index (χ1v) is 5.54. The largest absolute Gasteiger partial charge is 0.378 e. The Balaban J connectivity index is 2.11. The number of pyridine rings is 1. The Kier molecular flexibility index (Phi) is 3.54. The van der Waals surface area contributed by atoms with E-state index in [-0.39, 0.29) is 0 Å². The molecule has 2 aromatic rings. The van der Waals surface area contributed by atoms with Gasteiger partial charge >= 0.3 is 0 Å². The molecule has 0 amide bonds. The molecule has 18 heavy (non-hydrogen) atoms. The third-order valence-electron chi connectivity index (χ3n) is 2.53. The van der Waals surface area contributed by atoms with Gasteiger partial charge in [0.1, 0.15) is 11.9 Å². The quantitative estimate of drug-likeness (QED) is 0.898. The van der Waals surface area contributed by atoms with Gasteiger partial charge in [0.2, 0.25) is 0 Å². The second-order valence-corrected chi connectivity index (χ2v) is 3.98. The highest BCUT2D eigenvalue weighted by molar-refractivity contribution is 5.57. The number of benzene rings is 1. The molecule has 2 rings (SSSR count). The highest BCUT2D eigenvalue weighted by Gasteiger charge is 2.03. The summed E-state index contributed by atoms with van der Waals surface area (Å²) in [6.07, 6.45) is 1.78. The van der Waals surface area contributed by atoms with Crippen molar-refractivity contribution in [1.82, 2.24) is 4.98 Å². The second-order valence-electron chi connectivity index (χ2n) is 3.98. The van der Waals surface area contributed by atoms with Gasteiger partial charge in [0.15, 0.2) is 0 Å². The smallest absolute Gasteiger partial charge is 0.124 e. The zero-order chi connectivity index (χ0) is 13.0. The van der Waals surface area contributed by atoms with E-state index in [1.165, 1.54) is 12.1 Å². The molecule has 0 saturated carbocycles. The molecule has 3 nitrogen and oxygen atoms in total. The molecule has 0 aliphatic heterocycles. The molecule has 0 aliphatic carbocycles. The van der Waals surface area contributed by atoms with Gasteiger partial charge in [-0.05, 0) is 36.8 Å². The molecule has 1 aromatic carbocycles. The molecule has 0 bridgehead atoms. The number of aryl methyl sites for hydroxylation is 1. The summed E-state index contributed by atoms with van der Waals surface area (Å²) in [6.45, 7) is 2.47. The number of hydrogen-bond acceptors (Lipinski definition) is 3. The molecular formula is C14H12FN3. The zero-order valence-corrected chi connectivity index (χ0v) is 9.94. The van der Waals surface area contributed by atoms with Crippen LogP contribution in [0.25, 0.3) is 0 Å². The molecule has 1 heterocycles. The van der Waals surface area contributed by atoms with Gasteiger partial charge in [-0.15, -0.1) is 0 Å². The summed E-state index contributed by atoms with van der Waals surface area (Å²) in [5.74, 6) is -0.412. The monoisotopic (exact) mass is 241 g/mol. The number of nitrogens with one attached hydrogen (secondary N) is 1. The molecular weight excluding hydrogens is 229 g/mol. The van der Waals surface area contributed by atoms with Crippen molar-refractivity contribution in [3.8, 4) is 6.07 Å². The normalized spacial score (nSPS) is 9.83. The van der Waals surface area contributed by atoms with Crippen molar-refractivity contribution < 1.29 is 4.39 Å². The Labute approximate surface area is 105 Å². The van der Waals surface area contributed by atoms with E-state index in [1.807, 2.05) is 25.1 Å². The summed E-state index contributed by atoms with van der Waals surface area (Å²) < 4.78 is 13.0. The lowest BCUT2D eigenvalue weighted by molar-refractivity contribution is 0.627. The Morgan fingerprint density at radius 1 is 1.33 bits per heavy atom. The summed E-state index contributed by atoms with van der Waals surface area (Å²) in [7, 11) is 0. The third-order valence-corrected chi connectivity index (χ3v) is 2.53. The first kappa shape index (κ1) is 12.1. The predicted octanol–water partition coefficient (Wildman–Crippen LogP) is 3.01. The van der Waals surface area contributed by atoms with E-state index < -0.39 is 5.82 Å². The molecule has 0 radical (unpaired) electrons. The van der Waals surface area contributed by atoms with Crippen molar-refractivity contribution in [2.75, 3.05) is 5.32 Å². The van der Waals surface area contributed by atoms with Crippen LogP contribution >= 0.6 is 0 Å². The molecule has 0 atom stereocenters. The van der Waals surface area contributed by atoms with E-state index in [2.05, 4.69) is 10.3 Å². The van der Waals surface area contributed by atoms with Crippen molar-refractivity contribution in [3.05, 3.63) is 59.2 Å². The average Bonchev–Trinajstić information content (AvgIpc) is 2.39. The van der Waals surface area contributed by atoms with Gasteiger partial charge in [-0.3, -0.25) is 4.98 Å². The molecule has 0 unspecified atom stereocenters. The van der Waals surface area contributed by atoms with Crippen molar-refractivity contribution in [2.45, 2.75) is 13.5 Å². The average molecular weight is 241 g/mol. The third kappa shape index (κ3) is 2.83. The van der Waals surface area contributed by atoms with E-state index in [4.69, 9.17) is 5.26 Å². The molecule has 0 spiro atoms. The fourth-order valence-electron chi connectivity index (χ4n) is 1.55. The van der Waals surface area contributed by atoms with E-state index in [0.717, 1.165) is 11.3 Å².